The molecule has 1 amide bonds. The molecule has 0 aliphatic rings. The lowest BCUT2D eigenvalue weighted by Gasteiger charge is -2.09. The van der Waals surface area contributed by atoms with Crippen molar-refractivity contribution in [2.24, 2.45) is 5.73 Å². The van der Waals surface area contributed by atoms with Crippen molar-refractivity contribution in [2.45, 2.75) is 6.61 Å². The minimum atomic E-state index is -0.630. The van der Waals surface area contributed by atoms with E-state index in [0.717, 1.165) is 11.3 Å². The predicted octanol–water partition coefficient (Wildman–Crippen LogP) is 3.13. The summed E-state index contributed by atoms with van der Waals surface area (Å²) < 4.78 is 11.3. The van der Waals surface area contributed by atoms with E-state index < -0.39 is 5.91 Å². The van der Waals surface area contributed by atoms with Crippen LogP contribution in [0.1, 0.15) is 15.9 Å². The van der Waals surface area contributed by atoms with Crippen LogP contribution in [0.25, 0.3) is 0 Å². The first-order valence-corrected chi connectivity index (χ1v) is 7.62. The molecule has 0 aliphatic carbocycles. The molecule has 1 heterocycles. The summed E-state index contributed by atoms with van der Waals surface area (Å²) >= 11 is 0. The van der Waals surface area contributed by atoms with Crippen molar-refractivity contribution in [1.82, 2.24) is 4.98 Å². The van der Waals surface area contributed by atoms with E-state index in [9.17, 15) is 4.79 Å². The number of rotatable bonds is 6. The first-order chi connectivity index (χ1) is 12.1. The van der Waals surface area contributed by atoms with Crippen LogP contribution in [0.15, 0.2) is 66.9 Å². The van der Waals surface area contributed by atoms with Gasteiger partial charge < -0.3 is 20.9 Å². The molecule has 4 N–H and O–H groups in total. The van der Waals surface area contributed by atoms with Crippen LogP contribution in [0.3, 0.4) is 0 Å². The van der Waals surface area contributed by atoms with Crippen molar-refractivity contribution in [3.05, 3.63) is 78.0 Å². The molecule has 3 rings (SSSR count). The van der Waals surface area contributed by atoms with Gasteiger partial charge in [-0.15, -0.1) is 0 Å². The number of carbonyl (C=O) groups is 1. The van der Waals surface area contributed by atoms with Gasteiger partial charge in [0, 0.05) is 6.07 Å². The number of anilines is 1. The molecule has 1 aromatic heterocycles. The van der Waals surface area contributed by atoms with Crippen LogP contribution < -0.4 is 20.9 Å². The van der Waals surface area contributed by atoms with Gasteiger partial charge in [0.15, 0.2) is 0 Å². The minimum absolute atomic E-state index is 0.174. The number of nitrogens with zero attached hydrogens (tertiary/aromatic N) is 1. The van der Waals surface area contributed by atoms with E-state index in [-0.39, 0.29) is 17.1 Å². The van der Waals surface area contributed by atoms with Crippen molar-refractivity contribution >= 4 is 11.6 Å². The zero-order valence-corrected chi connectivity index (χ0v) is 13.4. The first kappa shape index (κ1) is 16.3. The van der Waals surface area contributed by atoms with Crippen molar-refractivity contribution in [3.63, 3.8) is 0 Å². The van der Waals surface area contributed by atoms with Gasteiger partial charge in [-0.05, 0) is 29.8 Å². The second-order valence-corrected chi connectivity index (χ2v) is 5.32. The Bertz CT molecular complexity index is 865. The first-order valence-electron chi connectivity index (χ1n) is 7.62. The highest BCUT2D eigenvalue weighted by Crippen LogP contribution is 2.25. The Morgan fingerprint density at radius 2 is 1.68 bits per heavy atom. The highest BCUT2D eigenvalue weighted by Gasteiger charge is 2.09. The molecule has 0 radical (unpaired) electrons. The molecule has 0 bridgehead atoms. The van der Waals surface area contributed by atoms with Crippen LogP contribution in [-0.2, 0) is 6.61 Å². The fourth-order valence-electron chi connectivity index (χ4n) is 2.18. The summed E-state index contributed by atoms with van der Waals surface area (Å²) in [7, 11) is 0. The number of carbonyl (C=O) groups excluding carboxylic acids is 1. The minimum Gasteiger partial charge on any atom is -0.489 e. The molecule has 0 fully saturated rings. The zero-order valence-electron chi connectivity index (χ0n) is 13.4. The maximum absolute atomic E-state index is 11.3. The fourth-order valence-corrected chi connectivity index (χ4v) is 2.18. The lowest BCUT2D eigenvalue weighted by atomic mass is 10.2. The fraction of sp³-hybridized carbons (Fsp3) is 0.0526. The summed E-state index contributed by atoms with van der Waals surface area (Å²) in [6.45, 7) is 0.489. The molecule has 0 unspecified atom stereocenters. The number of benzene rings is 2. The molecular formula is C19H17N3O3. The zero-order chi connectivity index (χ0) is 17.6. The second kappa shape index (κ2) is 7.35. The van der Waals surface area contributed by atoms with Crippen molar-refractivity contribution < 1.29 is 14.3 Å². The summed E-state index contributed by atoms with van der Waals surface area (Å²) in [4.78, 5) is 15.3. The van der Waals surface area contributed by atoms with E-state index in [1.807, 2.05) is 30.3 Å². The Balaban J connectivity index is 1.64. The molecular weight excluding hydrogens is 318 g/mol. The molecule has 2 aromatic carbocycles. The Labute approximate surface area is 145 Å². The smallest absolute Gasteiger partial charge is 0.251 e. The lowest BCUT2D eigenvalue weighted by molar-refractivity contribution is 0.100. The van der Waals surface area contributed by atoms with E-state index in [1.54, 1.807) is 24.3 Å². The molecule has 25 heavy (non-hydrogen) atoms. The van der Waals surface area contributed by atoms with Gasteiger partial charge in [0.05, 0.1) is 17.4 Å². The number of pyridine rings is 1. The Morgan fingerprint density at radius 1 is 1.00 bits per heavy atom. The molecule has 0 saturated carbocycles. The normalized spacial score (nSPS) is 10.2. The number of nitrogen functional groups attached to an aromatic ring is 1. The topological polar surface area (TPSA) is 100 Å². The van der Waals surface area contributed by atoms with E-state index >= 15 is 0 Å². The van der Waals surface area contributed by atoms with Gasteiger partial charge in [-0.25, -0.2) is 4.98 Å². The number of aromatic nitrogens is 1. The van der Waals surface area contributed by atoms with E-state index in [4.69, 9.17) is 20.9 Å². The summed E-state index contributed by atoms with van der Waals surface area (Å²) in [6.07, 6.45) is 1.34. The molecule has 0 spiro atoms. The molecule has 0 atom stereocenters. The third-order valence-corrected chi connectivity index (χ3v) is 3.47. The highest BCUT2D eigenvalue weighted by atomic mass is 16.5. The van der Waals surface area contributed by atoms with Crippen molar-refractivity contribution in [3.8, 4) is 17.4 Å². The molecule has 0 aliphatic heterocycles. The molecule has 6 heteroatoms. The summed E-state index contributed by atoms with van der Waals surface area (Å²) in [5.74, 6) is 0.884. The Morgan fingerprint density at radius 3 is 2.36 bits per heavy atom. The van der Waals surface area contributed by atoms with Gasteiger partial charge in [0.1, 0.15) is 18.1 Å². The van der Waals surface area contributed by atoms with Crippen LogP contribution in [0.4, 0.5) is 5.69 Å². The number of amides is 1. The van der Waals surface area contributed by atoms with Crippen molar-refractivity contribution in [1.29, 1.82) is 0 Å². The van der Waals surface area contributed by atoms with Crippen LogP contribution in [0.2, 0.25) is 0 Å². The van der Waals surface area contributed by atoms with E-state index in [0.29, 0.717) is 12.4 Å². The largest absolute Gasteiger partial charge is 0.489 e. The van der Waals surface area contributed by atoms with Gasteiger partial charge in [-0.2, -0.15) is 0 Å². The van der Waals surface area contributed by atoms with Gasteiger partial charge in [0.25, 0.3) is 5.91 Å². The number of nitrogens with two attached hydrogens (primary N) is 2. The average molecular weight is 335 g/mol. The third-order valence-electron chi connectivity index (χ3n) is 3.47. The molecule has 3 aromatic rings. The maximum atomic E-state index is 11.3. The summed E-state index contributed by atoms with van der Waals surface area (Å²) in [5.41, 5.74) is 12.4. The number of primary amides is 1. The van der Waals surface area contributed by atoms with Gasteiger partial charge in [-0.1, -0.05) is 30.3 Å². The molecule has 0 saturated heterocycles. The number of hydrogen-bond acceptors (Lipinski definition) is 5. The highest BCUT2D eigenvalue weighted by molar-refractivity contribution is 5.98. The molecule has 6 nitrogen and oxygen atoms in total. The SMILES string of the molecule is NC(=O)c1cc(Oc2ccc(OCc3ccccc3)cc2)ncc1N. The van der Waals surface area contributed by atoms with Crippen LogP contribution >= 0.6 is 0 Å². The maximum Gasteiger partial charge on any atom is 0.251 e. The monoisotopic (exact) mass is 335 g/mol. The average Bonchev–Trinajstić information content (AvgIpc) is 2.63. The van der Waals surface area contributed by atoms with Crippen LogP contribution in [0, 0.1) is 0 Å². The van der Waals surface area contributed by atoms with E-state index in [2.05, 4.69) is 4.98 Å². The predicted molar refractivity (Wildman–Crippen MR) is 94.5 cm³/mol. The number of hydrogen-bond donors (Lipinski definition) is 2. The Hall–Kier alpha value is -3.54. The Kier molecular flexibility index (Phi) is 4.80. The molecule has 126 valence electrons. The van der Waals surface area contributed by atoms with Crippen molar-refractivity contribution in [2.75, 3.05) is 5.73 Å². The summed E-state index contributed by atoms with van der Waals surface area (Å²) in [6, 6.07) is 18.4. The van der Waals surface area contributed by atoms with Crippen LogP contribution in [-0.4, -0.2) is 10.9 Å². The van der Waals surface area contributed by atoms with Gasteiger partial charge >= 0.3 is 0 Å². The van der Waals surface area contributed by atoms with Gasteiger partial charge in [0.2, 0.25) is 5.88 Å². The van der Waals surface area contributed by atoms with Gasteiger partial charge in [-0.3, -0.25) is 4.79 Å². The number of ether oxygens (including phenoxy) is 2. The lowest BCUT2D eigenvalue weighted by Crippen LogP contribution is -2.13. The van der Waals surface area contributed by atoms with E-state index in [1.165, 1.54) is 12.3 Å². The summed E-state index contributed by atoms with van der Waals surface area (Å²) in [5, 5.41) is 0. The second-order valence-electron chi connectivity index (χ2n) is 5.32. The standard InChI is InChI=1S/C19H17N3O3/c20-17-11-22-18(10-16(17)19(21)23)25-15-8-6-14(7-9-15)24-12-13-4-2-1-3-5-13/h1-11H,12,20H2,(H2,21,23). The quantitative estimate of drug-likeness (QED) is 0.721. The van der Waals surface area contributed by atoms with Crippen LogP contribution in [0.5, 0.6) is 17.4 Å². The third kappa shape index (κ3) is 4.26.